The van der Waals surface area contributed by atoms with Gasteiger partial charge < -0.3 is 5.32 Å². The minimum Gasteiger partial charge on any atom is -0.321 e. The van der Waals surface area contributed by atoms with Crippen molar-refractivity contribution in [3.8, 4) is 0 Å². The maximum Gasteiger partial charge on any atom is 0.277 e. The molecule has 0 spiro atoms. The molecule has 0 saturated carbocycles. The quantitative estimate of drug-likeness (QED) is 0.871. The van der Waals surface area contributed by atoms with Crippen LogP contribution in [0.3, 0.4) is 0 Å². The molecule has 0 saturated heterocycles. The Hall–Kier alpha value is -1.69. The molecule has 1 aromatic carbocycles. The first-order chi connectivity index (χ1) is 7.25. The molecular formula is C9H7BrN4O. The second-order valence-electron chi connectivity index (χ2n) is 2.82. The van der Waals surface area contributed by atoms with Crippen LogP contribution in [0.2, 0.25) is 0 Å². The van der Waals surface area contributed by atoms with Crippen LogP contribution < -0.4 is 5.32 Å². The van der Waals surface area contributed by atoms with Crippen LogP contribution in [0, 0.1) is 0 Å². The molecule has 76 valence electrons. The van der Waals surface area contributed by atoms with Crippen molar-refractivity contribution in [2.75, 3.05) is 5.32 Å². The number of hydrogen-bond donors (Lipinski definition) is 2. The molecule has 15 heavy (non-hydrogen) atoms. The number of carbonyl (C=O) groups is 1. The van der Waals surface area contributed by atoms with Crippen molar-refractivity contribution in [1.29, 1.82) is 0 Å². The number of halogens is 1. The molecule has 0 fully saturated rings. The first-order valence-corrected chi connectivity index (χ1v) is 4.98. The highest BCUT2D eigenvalue weighted by atomic mass is 79.9. The van der Waals surface area contributed by atoms with E-state index in [1.54, 1.807) is 12.1 Å². The maximum absolute atomic E-state index is 11.5. The van der Waals surface area contributed by atoms with Crippen LogP contribution in [-0.2, 0) is 0 Å². The van der Waals surface area contributed by atoms with E-state index < -0.39 is 0 Å². The lowest BCUT2D eigenvalue weighted by Crippen LogP contribution is -2.12. The van der Waals surface area contributed by atoms with Gasteiger partial charge in [0.25, 0.3) is 5.91 Å². The number of hydrogen-bond acceptors (Lipinski definition) is 3. The Morgan fingerprint density at radius 2 is 2.07 bits per heavy atom. The lowest BCUT2D eigenvalue weighted by Gasteiger charge is -2.01. The van der Waals surface area contributed by atoms with Gasteiger partial charge >= 0.3 is 0 Å². The molecular weight excluding hydrogens is 260 g/mol. The number of anilines is 1. The van der Waals surface area contributed by atoms with Crippen molar-refractivity contribution in [2.45, 2.75) is 0 Å². The summed E-state index contributed by atoms with van der Waals surface area (Å²) in [7, 11) is 0. The van der Waals surface area contributed by atoms with Crippen molar-refractivity contribution < 1.29 is 4.79 Å². The number of H-pyrrole nitrogens is 1. The zero-order valence-corrected chi connectivity index (χ0v) is 9.15. The molecule has 0 aliphatic carbocycles. The monoisotopic (exact) mass is 266 g/mol. The van der Waals surface area contributed by atoms with Crippen LogP contribution >= 0.6 is 15.9 Å². The highest BCUT2D eigenvalue weighted by molar-refractivity contribution is 9.10. The summed E-state index contributed by atoms with van der Waals surface area (Å²) < 4.78 is 0.960. The summed E-state index contributed by atoms with van der Waals surface area (Å²) in [4.78, 5) is 11.5. The Balaban J connectivity index is 2.09. The first kappa shape index (κ1) is 9.85. The Kier molecular flexibility index (Phi) is 2.77. The normalized spacial score (nSPS) is 9.93. The molecule has 0 radical (unpaired) electrons. The second-order valence-corrected chi connectivity index (χ2v) is 3.73. The molecule has 2 rings (SSSR count). The molecule has 0 bridgehead atoms. The van der Waals surface area contributed by atoms with E-state index in [2.05, 4.69) is 36.7 Å². The summed E-state index contributed by atoms with van der Waals surface area (Å²) in [5.41, 5.74) is 0.976. The van der Waals surface area contributed by atoms with Crippen molar-refractivity contribution >= 4 is 27.5 Å². The third-order valence-electron chi connectivity index (χ3n) is 1.75. The van der Waals surface area contributed by atoms with Crippen LogP contribution in [0.15, 0.2) is 34.9 Å². The van der Waals surface area contributed by atoms with Gasteiger partial charge in [-0.05, 0) is 24.3 Å². The second kappa shape index (κ2) is 4.22. The maximum atomic E-state index is 11.5. The van der Waals surface area contributed by atoms with Crippen molar-refractivity contribution in [3.05, 3.63) is 40.6 Å². The topological polar surface area (TPSA) is 70.7 Å². The zero-order valence-electron chi connectivity index (χ0n) is 7.57. The fraction of sp³-hybridized carbons (Fsp3) is 0. The molecule has 1 heterocycles. The number of carbonyl (C=O) groups excluding carboxylic acids is 1. The van der Waals surface area contributed by atoms with Gasteiger partial charge in [-0.15, -0.1) is 0 Å². The molecule has 1 amide bonds. The minimum atomic E-state index is -0.286. The number of nitrogens with one attached hydrogen (secondary N) is 2. The van der Waals surface area contributed by atoms with Crippen LogP contribution in [-0.4, -0.2) is 21.3 Å². The summed E-state index contributed by atoms with van der Waals surface area (Å²) in [5, 5.41) is 12.3. The Labute approximate surface area is 94.0 Å². The highest BCUT2D eigenvalue weighted by Gasteiger charge is 2.07. The Bertz CT molecular complexity index is 451. The molecule has 0 aliphatic heterocycles. The Morgan fingerprint density at radius 3 is 2.67 bits per heavy atom. The molecule has 2 aromatic rings. The fourth-order valence-electron chi connectivity index (χ4n) is 1.04. The third-order valence-corrected chi connectivity index (χ3v) is 2.28. The Morgan fingerprint density at radius 1 is 1.33 bits per heavy atom. The molecule has 5 nitrogen and oxygen atoms in total. The average Bonchev–Trinajstić information content (AvgIpc) is 2.74. The summed E-state index contributed by atoms with van der Waals surface area (Å²) in [6.07, 6.45) is 1.37. The van der Waals surface area contributed by atoms with Gasteiger partial charge in [-0.2, -0.15) is 15.4 Å². The zero-order chi connectivity index (χ0) is 10.7. The van der Waals surface area contributed by atoms with Crippen LogP contribution in [0.25, 0.3) is 0 Å². The van der Waals surface area contributed by atoms with E-state index in [1.165, 1.54) is 6.20 Å². The standard InChI is InChI=1S/C9H7BrN4O/c10-6-1-3-7(4-2-6)12-9(15)8-5-11-14-13-8/h1-5H,(H,12,15)(H,11,13,14). The third kappa shape index (κ3) is 2.41. The summed E-state index contributed by atoms with van der Waals surface area (Å²) >= 11 is 3.31. The predicted molar refractivity (Wildman–Crippen MR) is 58.5 cm³/mol. The highest BCUT2D eigenvalue weighted by Crippen LogP contribution is 2.14. The number of aromatic amines is 1. The van der Waals surface area contributed by atoms with E-state index in [-0.39, 0.29) is 11.6 Å². The molecule has 1 aromatic heterocycles. The lowest BCUT2D eigenvalue weighted by atomic mass is 10.3. The van der Waals surface area contributed by atoms with Crippen molar-refractivity contribution in [1.82, 2.24) is 15.4 Å². The van der Waals surface area contributed by atoms with Crippen LogP contribution in [0.4, 0.5) is 5.69 Å². The van der Waals surface area contributed by atoms with Gasteiger partial charge in [0.15, 0.2) is 5.69 Å². The molecule has 6 heteroatoms. The van der Waals surface area contributed by atoms with E-state index >= 15 is 0 Å². The van der Waals surface area contributed by atoms with Gasteiger partial charge in [-0.1, -0.05) is 15.9 Å². The lowest BCUT2D eigenvalue weighted by molar-refractivity contribution is 0.102. The summed E-state index contributed by atoms with van der Waals surface area (Å²) in [6, 6.07) is 7.28. The first-order valence-electron chi connectivity index (χ1n) is 4.18. The number of aromatic nitrogens is 3. The molecule has 2 N–H and O–H groups in total. The SMILES string of the molecule is O=C(Nc1ccc(Br)cc1)c1cn[nH]n1. The largest absolute Gasteiger partial charge is 0.321 e. The molecule has 0 unspecified atom stereocenters. The van der Waals surface area contributed by atoms with Gasteiger partial charge in [0, 0.05) is 10.2 Å². The minimum absolute atomic E-state index is 0.262. The summed E-state index contributed by atoms with van der Waals surface area (Å²) in [5.74, 6) is -0.286. The molecule has 0 aliphatic rings. The van der Waals surface area contributed by atoms with Crippen LogP contribution in [0.5, 0.6) is 0 Å². The fourth-order valence-corrected chi connectivity index (χ4v) is 1.30. The van der Waals surface area contributed by atoms with Crippen LogP contribution in [0.1, 0.15) is 10.5 Å². The van der Waals surface area contributed by atoms with E-state index in [1.807, 2.05) is 12.1 Å². The summed E-state index contributed by atoms with van der Waals surface area (Å²) in [6.45, 7) is 0. The smallest absolute Gasteiger partial charge is 0.277 e. The number of rotatable bonds is 2. The number of nitrogens with zero attached hydrogens (tertiary/aromatic N) is 2. The van der Waals surface area contributed by atoms with Crippen molar-refractivity contribution in [3.63, 3.8) is 0 Å². The van der Waals surface area contributed by atoms with E-state index in [0.717, 1.165) is 4.47 Å². The van der Waals surface area contributed by atoms with Gasteiger partial charge in [0.05, 0.1) is 6.20 Å². The number of amides is 1. The predicted octanol–water partition coefficient (Wildman–Crippen LogP) is 1.82. The van der Waals surface area contributed by atoms with E-state index in [4.69, 9.17) is 0 Å². The van der Waals surface area contributed by atoms with Gasteiger partial charge in [-0.25, -0.2) is 0 Å². The van der Waals surface area contributed by atoms with Gasteiger partial charge in [-0.3, -0.25) is 4.79 Å². The van der Waals surface area contributed by atoms with E-state index in [9.17, 15) is 4.79 Å². The average molecular weight is 267 g/mol. The van der Waals surface area contributed by atoms with E-state index in [0.29, 0.717) is 5.69 Å². The van der Waals surface area contributed by atoms with Gasteiger partial charge in [0.1, 0.15) is 0 Å². The number of benzene rings is 1. The van der Waals surface area contributed by atoms with Gasteiger partial charge in [0.2, 0.25) is 0 Å². The molecule has 0 atom stereocenters. The van der Waals surface area contributed by atoms with Crippen molar-refractivity contribution in [2.24, 2.45) is 0 Å².